The number of benzene rings is 2. The first-order valence-electron chi connectivity index (χ1n) is 10.0. The van der Waals surface area contributed by atoms with Crippen LogP contribution in [-0.2, 0) is 20.0 Å². The van der Waals surface area contributed by atoms with Crippen LogP contribution in [0.1, 0.15) is 27.3 Å². The third kappa shape index (κ3) is 3.21. The van der Waals surface area contributed by atoms with Crippen molar-refractivity contribution >= 4 is 16.9 Å². The van der Waals surface area contributed by atoms with Crippen LogP contribution in [0.2, 0.25) is 0 Å². The molecule has 2 aromatic heterocycles. The molecule has 0 bridgehead atoms. The average Bonchev–Trinajstić information content (AvgIpc) is 3.10. The zero-order chi connectivity index (χ0) is 22.6. The first-order chi connectivity index (χ1) is 15.3. The number of carbonyl (C=O) groups excluding carboxylic acids is 1. The minimum atomic E-state index is -1.50. The molecule has 0 fully saturated rings. The largest absolute Gasteiger partial charge is 0.332 e. The molecule has 4 aromatic rings. The highest BCUT2D eigenvalue weighted by atomic mass is 19.2. The quantitative estimate of drug-likeness (QED) is 0.446. The van der Waals surface area contributed by atoms with Crippen molar-refractivity contribution in [3.63, 3.8) is 0 Å². The van der Waals surface area contributed by atoms with Gasteiger partial charge in [-0.2, -0.15) is 5.10 Å². The molecule has 9 heteroatoms. The summed E-state index contributed by atoms with van der Waals surface area (Å²) in [6, 6.07) is 7.23. The number of para-hydroxylation sites is 1. The van der Waals surface area contributed by atoms with Crippen LogP contribution in [0, 0.1) is 24.4 Å². The standard InChI is InChI=1S/C23H18F3N5O/c1-12-10-27-21-15(4-3-5-18(21)28-12)23(32)31-7-6-14-19(11-31)29-30(2)22(14)13-8-16(24)20(26)17(25)9-13/h3-5,8-10H,6-7,11H2,1-2H3. The van der Waals surface area contributed by atoms with Crippen molar-refractivity contribution in [1.29, 1.82) is 0 Å². The SMILES string of the molecule is Cc1cnc2c(C(=O)N3CCc4c(nn(C)c4-c4cc(F)c(F)c(F)c4)C3)cccc2n1. The molecule has 0 saturated heterocycles. The van der Waals surface area contributed by atoms with Crippen LogP contribution in [0.25, 0.3) is 22.3 Å². The molecule has 0 unspecified atom stereocenters. The van der Waals surface area contributed by atoms with E-state index in [0.717, 1.165) is 23.4 Å². The lowest BCUT2D eigenvalue weighted by Gasteiger charge is -2.27. The van der Waals surface area contributed by atoms with Gasteiger partial charge in [0.05, 0.1) is 34.7 Å². The Morgan fingerprint density at radius 3 is 2.62 bits per heavy atom. The van der Waals surface area contributed by atoms with E-state index in [0.29, 0.717) is 41.0 Å². The van der Waals surface area contributed by atoms with Gasteiger partial charge >= 0.3 is 0 Å². The summed E-state index contributed by atoms with van der Waals surface area (Å²) in [5.74, 6) is -4.20. The third-order valence-corrected chi connectivity index (χ3v) is 5.67. The first kappa shape index (κ1) is 20.2. The van der Waals surface area contributed by atoms with Gasteiger partial charge in [-0.1, -0.05) is 6.07 Å². The summed E-state index contributed by atoms with van der Waals surface area (Å²) in [7, 11) is 1.65. The molecule has 1 amide bonds. The normalized spacial score (nSPS) is 13.5. The number of rotatable bonds is 2. The number of nitrogens with zero attached hydrogens (tertiary/aromatic N) is 5. The molecule has 3 heterocycles. The van der Waals surface area contributed by atoms with Gasteiger partial charge in [0.2, 0.25) is 0 Å². The smallest absolute Gasteiger partial charge is 0.256 e. The Kier molecular flexibility index (Phi) is 4.69. The Bertz CT molecular complexity index is 1380. The van der Waals surface area contributed by atoms with Crippen molar-refractivity contribution < 1.29 is 18.0 Å². The number of fused-ring (bicyclic) bond motifs is 2. The van der Waals surface area contributed by atoms with Crippen molar-refractivity contribution in [2.75, 3.05) is 6.54 Å². The van der Waals surface area contributed by atoms with Crippen molar-refractivity contribution in [2.24, 2.45) is 7.05 Å². The second-order valence-corrected chi connectivity index (χ2v) is 7.81. The fraction of sp³-hybridized carbons (Fsp3) is 0.217. The third-order valence-electron chi connectivity index (χ3n) is 5.67. The maximum Gasteiger partial charge on any atom is 0.256 e. The molecular formula is C23H18F3N5O. The number of hydrogen-bond donors (Lipinski definition) is 0. The molecule has 0 N–H and O–H groups in total. The lowest BCUT2D eigenvalue weighted by molar-refractivity contribution is 0.0734. The number of amides is 1. The number of hydrogen-bond acceptors (Lipinski definition) is 4. The van der Waals surface area contributed by atoms with E-state index in [1.165, 1.54) is 4.68 Å². The zero-order valence-electron chi connectivity index (χ0n) is 17.4. The lowest BCUT2D eigenvalue weighted by atomic mass is 9.99. The minimum absolute atomic E-state index is 0.189. The summed E-state index contributed by atoms with van der Waals surface area (Å²) in [4.78, 5) is 23.8. The predicted octanol–water partition coefficient (Wildman–Crippen LogP) is 3.95. The van der Waals surface area contributed by atoms with E-state index in [1.54, 1.807) is 30.3 Å². The Morgan fingerprint density at radius 2 is 1.88 bits per heavy atom. The van der Waals surface area contributed by atoms with Crippen molar-refractivity contribution in [1.82, 2.24) is 24.6 Å². The van der Waals surface area contributed by atoms with Crippen LogP contribution in [-0.4, -0.2) is 37.1 Å². The highest BCUT2D eigenvalue weighted by Gasteiger charge is 2.29. The fourth-order valence-electron chi connectivity index (χ4n) is 4.22. The molecule has 32 heavy (non-hydrogen) atoms. The molecule has 2 aromatic carbocycles. The van der Waals surface area contributed by atoms with E-state index < -0.39 is 17.5 Å². The van der Waals surface area contributed by atoms with Crippen LogP contribution >= 0.6 is 0 Å². The van der Waals surface area contributed by atoms with E-state index >= 15 is 0 Å². The Balaban J connectivity index is 1.49. The Hall–Kier alpha value is -3.75. The monoisotopic (exact) mass is 437 g/mol. The van der Waals surface area contributed by atoms with Crippen molar-refractivity contribution in [3.05, 3.63) is 76.5 Å². The molecule has 0 spiro atoms. The van der Waals surface area contributed by atoms with Crippen LogP contribution in [0.15, 0.2) is 36.5 Å². The topological polar surface area (TPSA) is 63.9 Å². The summed E-state index contributed by atoms with van der Waals surface area (Å²) in [5, 5.41) is 4.47. The maximum atomic E-state index is 13.8. The maximum absolute atomic E-state index is 13.8. The van der Waals surface area contributed by atoms with Crippen LogP contribution in [0.3, 0.4) is 0 Å². The molecule has 0 atom stereocenters. The first-order valence-corrected chi connectivity index (χ1v) is 10.0. The van der Waals surface area contributed by atoms with Crippen molar-refractivity contribution in [3.8, 4) is 11.3 Å². The summed E-state index contributed by atoms with van der Waals surface area (Å²) < 4.78 is 42.5. The van der Waals surface area contributed by atoms with E-state index in [4.69, 9.17) is 0 Å². The van der Waals surface area contributed by atoms with Crippen molar-refractivity contribution in [2.45, 2.75) is 19.9 Å². The highest BCUT2D eigenvalue weighted by Crippen LogP contribution is 2.32. The molecule has 5 rings (SSSR count). The summed E-state index contributed by atoms with van der Waals surface area (Å²) in [6.07, 6.45) is 2.07. The van der Waals surface area contributed by atoms with Gasteiger partial charge in [0.1, 0.15) is 5.52 Å². The van der Waals surface area contributed by atoms with Gasteiger partial charge in [-0.3, -0.25) is 14.5 Å². The molecule has 6 nitrogen and oxygen atoms in total. The number of aryl methyl sites for hydroxylation is 2. The molecule has 1 aliphatic rings. The molecule has 0 aliphatic carbocycles. The Labute approximate surface area is 181 Å². The van der Waals surface area contributed by atoms with Gasteiger partial charge in [0.15, 0.2) is 17.5 Å². The summed E-state index contributed by atoms with van der Waals surface area (Å²) >= 11 is 0. The predicted molar refractivity (Wildman–Crippen MR) is 111 cm³/mol. The van der Waals surface area contributed by atoms with E-state index in [-0.39, 0.29) is 18.0 Å². The second-order valence-electron chi connectivity index (χ2n) is 7.81. The molecule has 162 valence electrons. The highest BCUT2D eigenvalue weighted by molar-refractivity contribution is 6.04. The molecule has 0 radical (unpaired) electrons. The lowest BCUT2D eigenvalue weighted by Crippen LogP contribution is -2.36. The van der Waals surface area contributed by atoms with Gasteiger partial charge in [-0.25, -0.2) is 18.2 Å². The summed E-state index contributed by atoms with van der Waals surface area (Å²) in [6.45, 7) is 2.47. The average molecular weight is 437 g/mol. The van der Waals surface area contributed by atoms with Gasteiger partial charge in [-0.05, 0) is 37.6 Å². The fourth-order valence-corrected chi connectivity index (χ4v) is 4.22. The summed E-state index contributed by atoms with van der Waals surface area (Å²) in [5.41, 5.74) is 4.54. The second kappa shape index (κ2) is 7.44. The molecular weight excluding hydrogens is 419 g/mol. The van der Waals surface area contributed by atoms with Crippen LogP contribution in [0.5, 0.6) is 0 Å². The zero-order valence-corrected chi connectivity index (χ0v) is 17.4. The van der Waals surface area contributed by atoms with Crippen LogP contribution in [0.4, 0.5) is 13.2 Å². The van der Waals surface area contributed by atoms with Gasteiger partial charge in [-0.15, -0.1) is 0 Å². The molecule has 1 aliphatic heterocycles. The van der Waals surface area contributed by atoms with E-state index in [2.05, 4.69) is 15.1 Å². The number of halogens is 3. The van der Waals surface area contributed by atoms with Gasteiger partial charge in [0.25, 0.3) is 5.91 Å². The Morgan fingerprint density at radius 1 is 1.12 bits per heavy atom. The van der Waals surface area contributed by atoms with Gasteiger partial charge < -0.3 is 4.90 Å². The number of aromatic nitrogens is 4. The number of carbonyl (C=O) groups is 1. The van der Waals surface area contributed by atoms with E-state index in [9.17, 15) is 18.0 Å². The molecule has 0 saturated carbocycles. The van der Waals surface area contributed by atoms with Crippen LogP contribution < -0.4 is 0 Å². The van der Waals surface area contributed by atoms with E-state index in [1.807, 2.05) is 13.0 Å². The minimum Gasteiger partial charge on any atom is -0.332 e. The van der Waals surface area contributed by atoms with Gasteiger partial charge in [0, 0.05) is 30.9 Å².